The fraction of sp³-hybridized carbons (Fsp3) is 0.133. The van der Waals surface area contributed by atoms with Gasteiger partial charge in [-0.15, -0.1) is 11.3 Å². The average molecular weight is 334 g/mol. The molecule has 2 nitrogen and oxygen atoms in total. The zero-order chi connectivity index (χ0) is 13.2. The molecule has 0 fully saturated rings. The minimum atomic E-state index is -0.524. The monoisotopic (exact) mass is 333 g/mol. The van der Waals surface area contributed by atoms with E-state index < -0.39 is 6.10 Å². The molecule has 3 aromatic rings. The van der Waals surface area contributed by atoms with E-state index in [1.165, 1.54) is 0 Å². The van der Waals surface area contributed by atoms with Crippen molar-refractivity contribution in [2.45, 2.75) is 12.5 Å². The number of pyridine rings is 1. The Morgan fingerprint density at radius 3 is 2.89 bits per heavy atom. The molecular formula is C15H12BrNOS. The van der Waals surface area contributed by atoms with Crippen LogP contribution in [0.3, 0.4) is 0 Å². The molecule has 1 unspecified atom stereocenters. The van der Waals surface area contributed by atoms with Gasteiger partial charge in [-0.1, -0.05) is 24.3 Å². The highest BCUT2D eigenvalue weighted by Crippen LogP contribution is 2.28. The van der Waals surface area contributed by atoms with Crippen LogP contribution in [-0.2, 0) is 6.42 Å². The Hall–Kier alpha value is -1.23. The predicted molar refractivity (Wildman–Crippen MR) is 82.4 cm³/mol. The Kier molecular flexibility index (Phi) is 3.64. The van der Waals surface area contributed by atoms with Gasteiger partial charge in [0.1, 0.15) is 0 Å². The molecule has 4 heteroatoms. The number of aromatic nitrogens is 1. The van der Waals surface area contributed by atoms with E-state index in [4.69, 9.17) is 0 Å². The Morgan fingerprint density at radius 1 is 1.26 bits per heavy atom. The number of aliphatic hydroxyl groups excluding tert-OH is 1. The van der Waals surface area contributed by atoms with Crippen molar-refractivity contribution >= 4 is 38.2 Å². The topological polar surface area (TPSA) is 33.1 Å². The molecule has 3 rings (SSSR count). The minimum absolute atomic E-state index is 0.524. The fourth-order valence-electron chi connectivity index (χ4n) is 2.16. The zero-order valence-corrected chi connectivity index (χ0v) is 12.5. The molecule has 1 atom stereocenters. The maximum absolute atomic E-state index is 10.4. The largest absolute Gasteiger partial charge is 0.388 e. The second kappa shape index (κ2) is 5.41. The summed E-state index contributed by atoms with van der Waals surface area (Å²) in [7, 11) is 0. The lowest BCUT2D eigenvalue weighted by Crippen LogP contribution is -2.02. The molecular weight excluding hydrogens is 322 g/mol. The van der Waals surface area contributed by atoms with Crippen LogP contribution in [-0.4, -0.2) is 10.1 Å². The van der Waals surface area contributed by atoms with Crippen LogP contribution in [0, 0.1) is 0 Å². The van der Waals surface area contributed by atoms with Gasteiger partial charge in [0.05, 0.1) is 11.6 Å². The summed E-state index contributed by atoms with van der Waals surface area (Å²) in [4.78, 5) is 5.54. The summed E-state index contributed by atoms with van der Waals surface area (Å²) in [6.45, 7) is 0. The zero-order valence-electron chi connectivity index (χ0n) is 10.1. The van der Waals surface area contributed by atoms with E-state index in [1.807, 2.05) is 41.8 Å². The van der Waals surface area contributed by atoms with Gasteiger partial charge in [0, 0.05) is 38.3 Å². The molecule has 0 radical (unpaired) electrons. The van der Waals surface area contributed by atoms with Gasteiger partial charge in [-0.25, -0.2) is 0 Å². The molecule has 1 aromatic carbocycles. The summed E-state index contributed by atoms with van der Waals surface area (Å²) in [5, 5.41) is 13.5. The van der Waals surface area contributed by atoms with E-state index in [1.54, 1.807) is 17.5 Å². The number of para-hydroxylation sites is 1. The molecule has 0 aliphatic heterocycles. The second-order valence-electron chi connectivity index (χ2n) is 4.37. The van der Waals surface area contributed by atoms with Gasteiger partial charge >= 0.3 is 0 Å². The molecule has 19 heavy (non-hydrogen) atoms. The third kappa shape index (κ3) is 2.71. The van der Waals surface area contributed by atoms with Gasteiger partial charge in [0.15, 0.2) is 0 Å². The first-order valence-electron chi connectivity index (χ1n) is 5.98. The summed E-state index contributed by atoms with van der Waals surface area (Å²) >= 11 is 5.09. The molecule has 0 saturated carbocycles. The normalized spacial score (nSPS) is 12.7. The molecule has 0 amide bonds. The maximum Gasteiger partial charge on any atom is 0.0859 e. The lowest BCUT2D eigenvalue weighted by atomic mass is 10.0. The Bertz CT molecular complexity index is 705. The van der Waals surface area contributed by atoms with Crippen LogP contribution < -0.4 is 0 Å². The average Bonchev–Trinajstić information content (AvgIpc) is 2.83. The van der Waals surface area contributed by atoms with E-state index in [0.717, 1.165) is 25.8 Å². The van der Waals surface area contributed by atoms with Crippen LogP contribution in [0.15, 0.2) is 52.4 Å². The standard InChI is InChI=1S/C15H12BrNOS/c16-11-7-12(19-9-11)8-14(18)13-5-1-3-10-4-2-6-17-15(10)13/h1-7,9,14,18H,8H2. The van der Waals surface area contributed by atoms with Gasteiger partial charge in [0.2, 0.25) is 0 Å². The van der Waals surface area contributed by atoms with E-state index in [0.29, 0.717) is 6.42 Å². The third-order valence-electron chi connectivity index (χ3n) is 3.04. The van der Waals surface area contributed by atoms with Gasteiger partial charge in [-0.05, 0) is 28.1 Å². The van der Waals surface area contributed by atoms with Gasteiger partial charge < -0.3 is 5.11 Å². The number of thiophene rings is 1. The smallest absolute Gasteiger partial charge is 0.0859 e. The van der Waals surface area contributed by atoms with Crippen LogP contribution in [0.2, 0.25) is 0 Å². The lowest BCUT2D eigenvalue weighted by Gasteiger charge is -2.12. The van der Waals surface area contributed by atoms with Crippen molar-refractivity contribution in [3.8, 4) is 0 Å². The second-order valence-corrected chi connectivity index (χ2v) is 6.28. The SMILES string of the molecule is OC(Cc1cc(Br)cs1)c1cccc2cccnc12. The van der Waals surface area contributed by atoms with Crippen molar-refractivity contribution < 1.29 is 5.11 Å². The Labute approximate surface area is 123 Å². The molecule has 0 bridgehead atoms. The minimum Gasteiger partial charge on any atom is -0.388 e. The van der Waals surface area contributed by atoms with Gasteiger partial charge in [-0.2, -0.15) is 0 Å². The van der Waals surface area contributed by atoms with Crippen LogP contribution >= 0.6 is 27.3 Å². The van der Waals surface area contributed by atoms with Crippen molar-refractivity contribution in [2.75, 3.05) is 0 Å². The molecule has 1 N–H and O–H groups in total. The highest BCUT2D eigenvalue weighted by molar-refractivity contribution is 9.10. The Morgan fingerprint density at radius 2 is 2.11 bits per heavy atom. The quantitative estimate of drug-likeness (QED) is 0.773. The fourth-order valence-corrected chi connectivity index (χ4v) is 3.65. The van der Waals surface area contributed by atoms with E-state index >= 15 is 0 Å². The molecule has 0 aliphatic rings. The number of benzene rings is 1. The predicted octanol–water partition coefficient (Wildman–Crippen LogP) is 4.33. The van der Waals surface area contributed by atoms with Crippen molar-refractivity contribution in [1.82, 2.24) is 4.98 Å². The van der Waals surface area contributed by atoms with Crippen LogP contribution in [0.25, 0.3) is 10.9 Å². The van der Waals surface area contributed by atoms with E-state index in [2.05, 4.69) is 20.9 Å². The lowest BCUT2D eigenvalue weighted by molar-refractivity contribution is 0.181. The number of hydrogen-bond donors (Lipinski definition) is 1. The summed E-state index contributed by atoms with van der Waals surface area (Å²) < 4.78 is 1.07. The van der Waals surface area contributed by atoms with E-state index in [9.17, 15) is 5.11 Å². The van der Waals surface area contributed by atoms with Gasteiger partial charge in [0.25, 0.3) is 0 Å². The van der Waals surface area contributed by atoms with E-state index in [-0.39, 0.29) is 0 Å². The molecule has 0 aliphatic carbocycles. The summed E-state index contributed by atoms with van der Waals surface area (Å²) in [5.74, 6) is 0. The van der Waals surface area contributed by atoms with Crippen molar-refractivity contribution in [2.24, 2.45) is 0 Å². The highest BCUT2D eigenvalue weighted by atomic mass is 79.9. The molecule has 2 aromatic heterocycles. The third-order valence-corrected chi connectivity index (χ3v) is 4.76. The number of fused-ring (bicyclic) bond motifs is 1. The highest BCUT2D eigenvalue weighted by Gasteiger charge is 2.13. The summed E-state index contributed by atoms with van der Waals surface area (Å²) in [6.07, 6.45) is 1.86. The van der Waals surface area contributed by atoms with Crippen LogP contribution in [0.5, 0.6) is 0 Å². The summed E-state index contributed by atoms with van der Waals surface area (Å²) in [5.41, 5.74) is 1.77. The number of rotatable bonds is 3. The summed E-state index contributed by atoms with van der Waals surface area (Å²) in [6, 6.07) is 11.9. The van der Waals surface area contributed by atoms with Crippen LogP contribution in [0.1, 0.15) is 16.5 Å². The number of nitrogens with zero attached hydrogens (tertiary/aromatic N) is 1. The number of hydrogen-bond acceptors (Lipinski definition) is 3. The first-order valence-corrected chi connectivity index (χ1v) is 7.66. The van der Waals surface area contributed by atoms with Crippen LogP contribution in [0.4, 0.5) is 0 Å². The molecule has 0 spiro atoms. The first kappa shape index (κ1) is 12.8. The Balaban J connectivity index is 1.95. The maximum atomic E-state index is 10.4. The molecule has 96 valence electrons. The molecule has 2 heterocycles. The first-order chi connectivity index (χ1) is 9.24. The number of halogens is 1. The molecule has 0 saturated heterocycles. The number of aliphatic hydroxyl groups is 1. The van der Waals surface area contributed by atoms with Crippen molar-refractivity contribution in [3.05, 3.63) is 62.9 Å². The van der Waals surface area contributed by atoms with Gasteiger partial charge in [-0.3, -0.25) is 4.98 Å². The van der Waals surface area contributed by atoms with Crippen molar-refractivity contribution in [1.29, 1.82) is 0 Å². The van der Waals surface area contributed by atoms with Crippen molar-refractivity contribution in [3.63, 3.8) is 0 Å².